The van der Waals surface area contributed by atoms with Crippen molar-refractivity contribution in [1.82, 2.24) is 4.90 Å². The van der Waals surface area contributed by atoms with E-state index in [1.54, 1.807) is 12.1 Å². The molecule has 0 unspecified atom stereocenters. The van der Waals surface area contributed by atoms with E-state index in [2.05, 4.69) is 34.3 Å². The van der Waals surface area contributed by atoms with Crippen LogP contribution in [0.25, 0.3) is 0 Å². The quantitative estimate of drug-likeness (QED) is 0.668. The van der Waals surface area contributed by atoms with Crippen LogP contribution in [0.5, 0.6) is 11.5 Å². The van der Waals surface area contributed by atoms with E-state index in [4.69, 9.17) is 4.74 Å². The highest BCUT2D eigenvalue weighted by molar-refractivity contribution is 6.04. The number of likely N-dealkylation sites (N-methyl/N-ethyl adjacent to an activating group) is 1. The van der Waals surface area contributed by atoms with E-state index in [0.717, 1.165) is 43.2 Å². The molecule has 0 saturated carbocycles. The van der Waals surface area contributed by atoms with Gasteiger partial charge in [-0.05, 0) is 74.1 Å². The van der Waals surface area contributed by atoms with Gasteiger partial charge in [-0.15, -0.1) is 0 Å². The standard InChI is InChI=1S/C25H27N3O2/c1-19-18-21(28-16-14-27(2)15-17-28)10-13-24(19)26-25(29)20-8-11-23(12-9-20)30-22-6-4-3-5-7-22/h3-13,18H,14-17H2,1-2H3,(H,26,29). The normalized spacial score (nSPS) is 14.4. The predicted octanol–water partition coefficient (Wildman–Crippen LogP) is 4.79. The van der Waals surface area contributed by atoms with Crippen molar-refractivity contribution >= 4 is 17.3 Å². The maximum absolute atomic E-state index is 12.7. The van der Waals surface area contributed by atoms with E-state index in [0.29, 0.717) is 11.3 Å². The molecule has 5 nitrogen and oxygen atoms in total. The summed E-state index contributed by atoms with van der Waals surface area (Å²) in [4.78, 5) is 17.4. The number of amides is 1. The number of rotatable bonds is 5. The third-order valence-corrected chi connectivity index (χ3v) is 5.42. The number of nitrogens with one attached hydrogen (secondary N) is 1. The number of carbonyl (C=O) groups is 1. The lowest BCUT2D eigenvalue weighted by Gasteiger charge is -2.34. The lowest BCUT2D eigenvalue weighted by molar-refractivity contribution is 0.102. The first kappa shape index (κ1) is 20.0. The summed E-state index contributed by atoms with van der Waals surface area (Å²) in [5.74, 6) is 1.34. The van der Waals surface area contributed by atoms with Gasteiger partial charge in [0.25, 0.3) is 5.91 Å². The number of aryl methyl sites for hydroxylation is 1. The first-order chi connectivity index (χ1) is 14.6. The first-order valence-electron chi connectivity index (χ1n) is 10.3. The highest BCUT2D eigenvalue weighted by Gasteiger charge is 2.15. The Morgan fingerprint density at radius 3 is 2.20 bits per heavy atom. The molecule has 1 saturated heterocycles. The van der Waals surface area contributed by atoms with Crippen LogP contribution in [0.15, 0.2) is 72.8 Å². The van der Waals surface area contributed by atoms with Crippen molar-refractivity contribution in [3.63, 3.8) is 0 Å². The van der Waals surface area contributed by atoms with Gasteiger partial charge in [0.1, 0.15) is 11.5 Å². The molecule has 0 spiro atoms. The van der Waals surface area contributed by atoms with Crippen LogP contribution in [0.4, 0.5) is 11.4 Å². The van der Waals surface area contributed by atoms with Gasteiger partial charge < -0.3 is 19.9 Å². The minimum atomic E-state index is -0.128. The van der Waals surface area contributed by atoms with E-state index in [1.807, 2.05) is 55.5 Å². The molecule has 0 bridgehead atoms. The number of ether oxygens (including phenoxy) is 1. The second kappa shape index (κ2) is 9.01. The van der Waals surface area contributed by atoms with Crippen molar-refractivity contribution < 1.29 is 9.53 Å². The second-order valence-corrected chi connectivity index (χ2v) is 7.68. The molecule has 0 radical (unpaired) electrons. The molecule has 1 fully saturated rings. The van der Waals surface area contributed by atoms with Crippen LogP contribution in [0.3, 0.4) is 0 Å². The van der Waals surface area contributed by atoms with E-state index in [9.17, 15) is 4.79 Å². The summed E-state index contributed by atoms with van der Waals surface area (Å²) in [6, 6.07) is 23.0. The van der Waals surface area contributed by atoms with Crippen LogP contribution in [-0.2, 0) is 0 Å². The van der Waals surface area contributed by atoms with Gasteiger partial charge in [-0.1, -0.05) is 18.2 Å². The maximum atomic E-state index is 12.7. The molecule has 1 aliphatic heterocycles. The van der Waals surface area contributed by atoms with Crippen molar-refractivity contribution in [2.45, 2.75) is 6.92 Å². The Morgan fingerprint density at radius 2 is 1.53 bits per heavy atom. The lowest BCUT2D eigenvalue weighted by atomic mass is 10.1. The highest BCUT2D eigenvalue weighted by Crippen LogP contribution is 2.25. The van der Waals surface area contributed by atoms with Crippen LogP contribution in [-0.4, -0.2) is 44.0 Å². The highest BCUT2D eigenvalue weighted by atomic mass is 16.5. The van der Waals surface area contributed by atoms with E-state index >= 15 is 0 Å². The zero-order valence-electron chi connectivity index (χ0n) is 17.5. The molecule has 1 aliphatic rings. The van der Waals surface area contributed by atoms with Crippen molar-refractivity contribution in [3.05, 3.63) is 83.9 Å². The average Bonchev–Trinajstić information content (AvgIpc) is 2.77. The number of hydrogen-bond acceptors (Lipinski definition) is 4. The number of carbonyl (C=O) groups excluding carboxylic acids is 1. The molecular formula is C25H27N3O2. The van der Waals surface area contributed by atoms with Gasteiger partial charge in [0.2, 0.25) is 0 Å². The fraction of sp³-hybridized carbons (Fsp3) is 0.240. The van der Waals surface area contributed by atoms with Gasteiger partial charge in [-0.25, -0.2) is 0 Å². The van der Waals surface area contributed by atoms with E-state index < -0.39 is 0 Å². The fourth-order valence-corrected chi connectivity index (χ4v) is 3.54. The topological polar surface area (TPSA) is 44.8 Å². The summed E-state index contributed by atoms with van der Waals surface area (Å²) in [5, 5.41) is 3.03. The van der Waals surface area contributed by atoms with E-state index in [1.165, 1.54) is 5.69 Å². The van der Waals surface area contributed by atoms with Crippen LogP contribution >= 0.6 is 0 Å². The van der Waals surface area contributed by atoms with Crippen LogP contribution in [0.2, 0.25) is 0 Å². The lowest BCUT2D eigenvalue weighted by Crippen LogP contribution is -2.44. The molecule has 0 aromatic heterocycles. The third-order valence-electron chi connectivity index (χ3n) is 5.42. The van der Waals surface area contributed by atoms with Gasteiger partial charge in [-0.2, -0.15) is 0 Å². The number of para-hydroxylation sites is 1. The summed E-state index contributed by atoms with van der Waals surface area (Å²) >= 11 is 0. The molecule has 30 heavy (non-hydrogen) atoms. The molecule has 0 atom stereocenters. The Hall–Kier alpha value is -3.31. The monoisotopic (exact) mass is 401 g/mol. The summed E-state index contributed by atoms with van der Waals surface area (Å²) < 4.78 is 5.79. The predicted molar refractivity (Wildman–Crippen MR) is 122 cm³/mol. The van der Waals surface area contributed by atoms with Gasteiger partial charge in [-0.3, -0.25) is 4.79 Å². The Bertz CT molecular complexity index is 995. The van der Waals surface area contributed by atoms with Crippen molar-refractivity contribution in [2.24, 2.45) is 0 Å². The minimum Gasteiger partial charge on any atom is -0.457 e. The number of hydrogen-bond donors (Lipinski definition) is 1. The number of benzene rings is 3. The van der Waals surface area contributed by atoms with Gasteiger partial charge in [0.15, 0.2) is 0 Å². The Balaban J connectivity index is 1.39. The summed E-state index contributed by atoms with van der Waals surface area (Å²) in [7, 11) is 2.15. The molecular weight excluding hydrogens is 374 g/mol. The largest absolute Gasteiger partial charge is 0.457 e. The summed E-state index contributed by atoms with van der Waals surface area (Å²) in [6.45, 7) is 6.23. The van der Waals surface area contributed by atoms with Crippen molar-refractivity contribution in [3.8, 4) is 11.5 Å². The van der Waals surface area contributed by atoms with Crippen LogP contribution < -0.4 is 15.0 Å². The fourth-order valence-electron chi connectivity index (χ4n) is 3.54. The average molecular weight is 402 g/mol. The number of nitrogens with zero attached hydrogens (tertiary/aromatic N) is 2. The molecule has 1 heterocycles. The molecule has 1 N–H and O–H groups in total. The zero-order valence-corrected chi connectivity index (χ0v) is 17.5. The SMILES string of the molecule is Cc1cc(N2CCN(C)CC2)ccc1NC(=O)c1ccc(Oc2ccccc2)cc1. The Labute approximate surface area is 177 Å². The number of piperazine rings is 1. The van der Waals surface area contributed by atoms with Crippen molar-refractivity contribution in [1.29, 1.82) is 0 Å². The smallest absolute Gasteiger partial charge is 0.255 e. The second-order valence-electron chi connectivity index (χ2n) is 7.68. The van der Waals surface area contributed by atoms with Gasteiger partial charge in [0.05, 0.1) is 0 Å². The molecule has 3 aromatic carbocycles. The minimum absolute atomic E-state index is 0.128. The molecule has 3 aromatic rings. The molecule has 154 valence electrons. The van der Waals surface area contributed by atoms with E-state index in [-0.39, 0.29) is 5.91 Å². The first-order valence-corrected chi connectivity index (χ1v) is 10.3. The Morgan fingerprint density at radius 1 is 0.867 bits per heavy atom. The van der Waals surface area contributed by atoms with Crippen LogP contribution in [0, 0.1) is 6.92 Å². The Kier molecular flexibility index (Phi) is 6.00. The zero-order chi connectivity index (χ0) is 20.9. The molecule has 0 aliphatic carbocycles. The molecule has 4 rings (SSSR count). The van der Waals surface area contributed by atoms with Gasteiger partial charge >= 0.3 is 0 Å². The number of anilines is 2. The van der Waals surface area contributed by atoms with Crippen molar-refractivity contribution in [2.75, 3.05) is 43.4 Å². The summed E-state index contributed by atoms with van der Waals surface area (Å²) in [5.41, 5.74) is 3.70. The maximum Gasteiger partial charge on any atom is 0.255 e. The molecule has 1 amide bonds. The van der Waals surface area contributed by atoms with Crippen LogP contribution in [0.1, 0.15) is 15.9 Å². The van der Waals surface area contributed by atoms with Gasteiger partial charge in [0, 0.05) is 43.1 Å². The summed E-state index contributed by atoms with van der Waals surface area (Å²) in [6.07, 6.45) is 0. The molecule has 5 heteroatoms. The third kappa shape index (κ3) is 4.81.